The van der Waals surface area contributed by atoms with Gasteiger partial charge in [0, 0.05) is 38.5 Å². The van der Waals surface area contributed by atoms with Gasteiger partial charge in [0.15, 0.2) is 0 Å². The summed E-state index contributed by atoms with van der Waals surface area (Å²) in [7, 11) is 0. The zero-order valence-electron chi connectivity index (χ0n) is 22.8. The summed E-state index contributed by atoms with van der Waals surface area (Å²) in [5, 5.41) is 7.88. The number of rotatable bonds is 2. The minimum Gasteiger partial charge on any atom is -0.309 e. The van der Waals surface area contributed by atoms with Crippen LogP contribution in [-0.4, -0.2) is 9.13 Å². The average Bonchev–Trinajstić information content (AvgIpc) is 3.52. The van der Waals surface area contributed by atoms with Crippen molar-refractivity contribution in [3.8, 4) is 33.6 Å². The van der Waals surface area contributed by atoms with E-state index in [-0.39, 0.29) is 0 Å². The Kier molecular flexibility index (Phi) is 4.21. The van der Waals surface area contributed by atoms with Gasteiger partial charge in [0.1, 0.15) is 0 Å². The molecule has 42 heavy (non-hydrogen) atoms. The number of fused-ring (bicyclic) bond motifs is 7. The van der Waals surface area contributed by atoms with E-state index in [0.29, 0.717) is 0 Å². The summed E-state index contributed by atoms with van der Waals surface area (Å²) in [4.78, 5) is 0. The first kappa shape index (κ1) is 22.1. The molecule has 2 heteroatoms. The summed E-state index contributed by atoms with van der Waals surface area (Å²) in [6.07, 6.45) is 0. The highest BCUT2D eigenvalue weighted by Gasteiger charge is 2.28. The number of hydrogen-bond acceptors (Lipinski definition) is 0. The first-order chi connectivity index (χ1) is 20.9. The standard InChI is InChI=1S/C40H24N2/c1-3-13-26(14-4-1)41-32-21-10-9-19-31(32)37-34(41)24-35-40-38(37)30-18-8-7-17-28(30)29-20-11-12-25-22-23-33(39(40)36(25)29)42(35)27-15-5-2-6-16-27/h1-24H. The van der Waals surface area contributed by atoms with E-state index in [4.69, 9.17) is 0 Å². The maximum atomic E-state index is 2.48. The summed E-state index contributed by atoms with van der Waals surface area (Å²) in [6, 6.07) is 53.4. The minimum absolute atomic E-state index is 1.17. The Morgan fingerprint density at radius 1 is 0.333 bits per heavy atom. The van der Waals surface area contributed by atoms with Gasteiger partial charge in [0.2, 0.25) is 0 Å². The van der Waals surface area contributed by atoms with Crippen LogP contribution in [0.25, 0.3) is 88.0 Å². The van der Waals surface area contributed by atoms with Crippen LogP contribution in [0.4, 0.5) is 0 Å². The van der Waals surface area contributed by atoms with E-state index in [1.54, 1.807) is 0 Å². The van der Waals surface area contributed by atoms with Gasteiger partial charge < -0.3 is 9.13 Å². The fourth-order valence-corrected chi connectivity index (χ4v) is 7.62. The van der Waals surface area contributed by atoms with Gasteiger partial charge in [0.05, 0.1) is 22.1 Å². The van der Waals surface area contributed by atoms with E-state index in [9.17, 15) is 0 Å². The Labute approximate surface area is 242 Å². The first-order valence-corrected chi connectivity index (χ1v) is 14.5. The summed E-state index contributed by atoms with van der Waals surface area (Å²) in [6.45, 7) is 0. The van der Waals surface area contributed by atoms with Crippen LogP contribution in [0.1, 0.15) is 0 Å². The third kappa shape index (κ3) is 2.69. The van der Waals surface area contributed by atoms with Gasteiger partial charge in [-0.3, -0.25) is 0 Å². The van der Waals surface area contributed by atoms with Crippen LogP contribution in [0.3, 0.4) is 0 Å². The smallest absolute Gasteiger partial charge is 0.0568 e. The van der Waals surface area contributed by atoms with Gasteiger partial charge in [-0.2, -0.15) is 0 Å². The molecule has 1 aliphatic rings. The molecule has 0 saturated heterocycles. The van der Waals surface area contributed by atoms with Gasteiger partial charge in [-0.15, -0.1) is 0 Å². The topological polar surface area (TPSA) is 9.86 Å². The van der Waals surface area contributed by atoms with E-state index in [1.807, 2.05) is 0 Å². The second-order valence-electron chi connectivity index (χ2n) is 11.3. The van der Waals surface area contributed by atoms with Crippen molar-refractivity contribution in [2.24, 2.45) is 0 Å². The zero-order valence-corrected chi connectivity index (χ0v) is 22.8. The van der Waals surface area contributed by atoms with Crippen molar-refractivity contribution in [2.75, 3.05) is 0 Å². The lowest BCUT2D eigenvalue weighted by atomic mass is 9.91. The summed E-state index contributed by atoms with van der Waals surface area (Å²) >= 11 is 0. The normalized spacial score (nSPS) is 12.3. The molecule has 0 spiro atoms. The lowest BCUT2D eigenvalue weighted by Crippen LogP contribution is -1.97. The molecule has 0 N–H and O–H groups in total. The van der Waals surface area contributed by atoms with Crippen molar-refractivity contribution in [1.29, 1.82) is 0 Å². The number of benzene rings is 7. The molecule has 194 valence electrons. The predicted molar refractivity (Wildman–Crippen MR) is 177 cm³/mol. The lowest BCUT2D eigenvalue weighted by Gasteiger charge is -2.15. The van der Waals surface area contributed by atoms with Gasteiger partial charge >= 0.3 is 0 Å². The van der Waals surface area contributed by atoms with E-state index < -0.39 is 0 Å². The lowest BCUT2D eigenvalue weighted by molar-refractivity contribution is 1.16. The molecule has 0 bridgehead atoms. The van der Waals surface area contributed by atoms with Crippen LogP contribution in [0, 0.1) is 0 Å². The van der Waals surface area contributed by atoms with Crippen molar-refractivity contribution >= 4 is 54.4 Å². The monoisotopic (exact) mass is 532 g/mol. The van der Waals surface area contributed by atoms with Crippen LogP contribution in [0.2, 0.25) is 0 Å². The molecule has 0 radical (unpaired) electrons. The molecule has 2 nitrogen and oxygen atoms in total. The van der Waals surface area contributed by atoms with Crippen molar-refractivity contribution in [2.45, 2.75) is 0 Å². The molecule has 0 unspecified atom stereocenters. The van der Waals surface area contributed by atoms with Crippen molar-refractivity contribution in [3.63, 3.8) is 0 Å². The Morgan fingerprint density at radius 2 is 0.952 bits per heavy atom. The second kappa shape index (κ2) is 7.99. The SMILES string of the molecule is c1ccc(-n2c3ccccc3c3c4c5c6c7c(cccc7ccc6n(-c6ccccc6)c5cc32)-c2ccccc2-4)cc1. The van der Waals surface area contributed by atoms with Crippen molar-refractivity contribution in [1.82, 2.24) is 9.13 Å². The van der Waals surface area contributed by atoms with E-state index in [0.717, 1.165) is 0 Å². The Balaban J connectivity index is 1.57. The van der Waals surface area contributed by atoms with Gasteiger partial charge in [0.25, 0.3) is 0 Å². The van der Waals surface area contributed by atoms with Crippen molar-refractivity contribution in [3.05, 3.63) is 146 Å². The average molecular weight is 533 g/mol. The fourth-order valence-electron chi connectivity index (χ4n) is 7.62. The fraction of sp³-hybridized carbons (Fsp3) is 0. The maximum Gasteiger partial charge on any atom is 0.0568 e. The van der Waals surface area contributed by atoms with Crippen LogP contribution in [0.5, 0.6) is 0 Å². The molecule has 2 heterocycles. The van der Waals surface area contributed by atoms with Gasteiger partial charge in [-0.05, 0) is 69.9 Å². The number of para-hydroxylation sites is 3. The number of aromatic nitrogens is 2. The number of hydrogen-bond donors (Lipinski definition) is 0. The molecule has 1 aliphatic carbocycles. The Morgan fingerprint density at radius 3 is 1.74 bits per heavy atom. The molecular weight excluding hydrogens is 508 g/mol. The third-order valence-corrected chi connectivity index (χ3v) is 9.21. The van der Waals surface area contributed by atoms with Crippen LogP contribution in [0.15, 0.2) is 146 Å². The first-order valence-electron chi connectivity index (χ1n) is 14.5. The molecule has 0 atom stereocenters. The molecule has 10 rings (SSSR count). The molecule has 2 aromatic heterocycles. The molecule has 9 aromatic rings. The molecule has 0 aliphatic heterocycles. The quantitative estimate of drug-likeness (QED) is 0.210. The Bertz CT molecular complexity index is 2550. The van der Waals surface area contributed by atoms with E-state index in [2.05, 4.69) is 155 Å². The van der Waals surface area contributed by atoms with Gasteiger partial charge in [-0.25, -0.2) is 0 Å². The molecule has 0 saturated carbocycles. The highest BCUT2D eigenvalue weighted by Crippen LogP contribution is 2.53. The predicted octanol–water partition coefficient (Wildman–Crippen LogP) is 10.7. The summed E-state index contributed by atoms with van der Waals surface area (Å²) < 4.78 is 4.93. The highest BCUT2D eigenvalue weighted by atomic mass is 15.0. The zero-order chi connectivity index (χ0) is 27.4. The van der Waals surface area contributed by atoms with Gasteiger partial charge in [-0.1, -0.05) is 103 Å². The minimum atomic E-state index is 1.17. The third-order valence-electron chi connectivity index (χ3n) is 9.21. The molecule has 7 aromatic carbocycles. The molecule has 0 amide bonds. The van der Waals surface area contributed by atoms with Crippen LogP contribution in [-0.2, 0) is 0 Å². The second-order valence-corrected chi connectivity index (χ2v) is 11.3. The molecule has 0 fully saturated rings. The Hall–Kier alpha value is -5.60. The van der Waals surface area contributed by atoms with Crippen LogP contribution < -0.4 is 0 Å². The summed E-state index contributed by atoms with van der Waals surface area (Å²) in [5.74, 6) is 0. The molecular formula is C40H24N2. The number of nitrogens with zero attached hydrogens (tertiary/aromatic N) is 2. The summed E-state index contributed by atoms with van der Waals surface area (Å²) in [5.41, 5.74) is 12.5. The van der Waals surface area contributed by atoms with E-state index in [1.165, 1.54) is 88.0 Å². The largest absolute Gasteiger partial charge is 0.309 e. The highest BCUT2D eigenvalue weighted by molar-refractivity contribution is 6.36. The van der Waals surface area contributed by atoms with E-state index >= 15 is 0 Å². The van der Waals surface area contributed by atoms with Crippen LogP contribution >= 0.6 is 0 Å². The van der Waals surface area contributed by atoms with Crippen molar-refractivity contribution < 1.29 is 0 Å². The maximum absolute atomic E-state index is 2.48.